The maximum Gasteiger partial charge on any atom is 0.302 e. The second kappa shape index (κ2) is 6.14. The number of hydrogen-bond donors (Lipinski definition) is 0. The van der Waals surface area contributed by atoms with E-state index in [-0.39, 0.29) is 18.5 Å². The van der Waals surface area contributed by atoms with Crippen LogP contribution in [0.3, 0.4) is 0 Å². The molecule has 0 fully saturated rings. The molecule has 2 aromatic carbocycles. The Morgan fingerprint density at radius 2 is 1.95 bits per heavy atom. The SMILES string of the molecule is CC(=O)OCCC(C=O)c1cccc2ccccc12. The zero-order chi connectivity index (χ0) is 13.7. The molecule has 3 nitrogen and oxygen atoms in total. The predicted octanol–water partition coefficient (Wildman–Crippen LogP) is 3.08. The maximum atomic E-state index is 11.3. The molecule has 19 heavy (non-hydrogen) atoms. The smallest absolute Gasteiger partial charge is 0.302 e. The van der Waals surface area contributed by atoms with Gasteiger partial charge in [-0.1, -0.05) is 42.5 Å². The lowest BCUT2D eigenvalue weighted by Gasteiger charge is -2.13. The molecule has 1 unspecified atom stereocenters. The lowest BCUT2D eigenvalue weighted by Crippen LogP contribution is -2.08. The summed E-state index contributed by atoms with van der Waals surface area (Å²) < 4.78 is 4.91. The monoisotopic (exact) mass is 256 g/mol. The third kappa shape index (κ3) is 3.19. The molecule has 0 spiro atoms. The van der Waals surface area contributed by atoms with Crippen LogP contribution in [-0.4, -0.2) is 18.9 Å². The molecular weight excluding hydrogens is 240 g/mol. The molecule has 98 valence electrons. The molecule has 0 amide bonds. The first-order valence-electron chi connectivity index (χ1n) is 6.28. The van der Waals surface area contributed by atoms with Gasteiger partial charge in [-0.2, -0.15) is 0 Å². The summed E-state index contributed by atoms with van der Waals surface area (Å²) in [6, 6.07) is 13.9. The quantitative estimate of drug-likeness (QED) is 0.610. The minimum Gasteiger partial charge on any atom is -0.466 e. The largest absolute Gasteiger partial charge is 0.466 e. The van der Waals surface area contributed by atoms with Crippen molar-refractivity contribution in [2.24, 2.45) is 0 Å². The standard InChI is InChI=1S/C16H16O3/c1-12(18)19-10-9-14(11-17)16-8-4-6-13-5-2-3-7-15(13)16/h2-8,11,14H,9-10H2,1H3. The minimum atomic E-state index is -0.317. The highest BCUT2D eigenvalue weighted by molar-refractivity contribution is 5.88. The highest BCUT2D eigenvalue weighted by atomic mass is 16.5. The molecule has 0 saturated heterocycles. The van der Waals surface area contributed by atoms with Gasteiger partial charge in [-0.25, -0.2) is 0 Å². The third-order valence-corrected chi connectivity index (χ3v) is 3.12. The molecule has 0 saturated carbocycles. The van der Waals surface area contributed by atoms with E-state index in [9.17, 15) is 9.59 Å². The fourth-order valence-electron chi connectivity index (χ4n) is 2.20. The Morgan fingerprint density at radius 1 is 1.21 bits per heavy atom. The van der Waals surface area contributed by atoms with E-state index >= 15 is 0 Å². The second-order valence-electron chi connectivity index (χ2n) is 4.44. The van der Waals surface area contributed by atoms with Crippen LogP contribution in [0, 0.1) is 0 Å². The summed E-state index contributed by atoms with van der Waals surface area (Å²) in [5, 5.41) is 2.18. The van der Waals surface area contributed by atoms with Crippen LogP contribution < -0.4 is 0 Å². The third-order valence-electron chi connectivity index (χ3n) is 3.12. The molecular formula is C16H16O3. The van der Waals surface area contributed by atoms with Crippen LogP contribution in [-0.2, 0) is 14.3 Å². The summed E-state index contributed by atoms with van der Waals surface area (Å²) in [5.41, 5.74) is 0.986. The van der Waals surface area contributed by atoms with E-state index in [0.29, 0.717) is 6.42 Å². The van der Waals surface area contributed by atoms with Crippen molar-refractivity contribution in [3.8, 4) is 0 Å². The number of hydrogen-bond acceptors (Lipinski definition) is 3. The van der Waals surface area contributed by atoms with E-state index in [2.05, 4.69) is 0 Å². The average Bonchev–Trinajstić information content (AvgIpc) is 2.43. The summed E-state index contributed by atoms with van der Waals surface area (Å²) >= 11 is 0. The number of fused-ring (bicyclic) bond motifs is 1. The summed E-state index contributed by atoms with van der Waals surface area (Å²) in [7, 11) is 0. The zero-order valence-corrected chi connectivity index (χ0v) is 10.8. The van der Waals surface area contributed by atoms with Gasteiger partial charge in [-0.05, 0) is 22.8 Å². The van der Waals surface area contributed by atoms with Gasteiger partial charge in [0.15, 0.2) is 0 Å². The average molecular weight is 256 g/mol. The van der Waals surface area contributed by atoms with Crippen molar-refractivity contribution < 1.29 is 14.3 Å². The lowest BCUT2D eigenvalue weighted by molar-refractivity contribution is -0.141. The maximum absolute atomic E-state index is 11.3. The molecule has 2 aromatic rings. The van der Waals surface area contributed by atoms with Crippen molar-refractivity contribution in [3.05, 3.63) is 48.0 Å². The van der Waals surface area contributed by atoms with Crippen molar-refractivity contribution in [2.45, 2.75) is 19.3 Å². The van der Waals surface area contributed by atoms with Gasteiger partial charge >= 0.3 is 5.97 Å². The van der Waals surface area contributed by atoms with Crippen LogP contribution in [0.5, 0.6) is 0 Å². The first kappa shape index (κ1) is 13.3. The predicted molar refractivity (Wildman–Crippen MR) is 74.0 cm³/mol. The Morgan fingerprint density at radius 3 is 2.68 bits per heavy atom. The minimum absolute atomic E-state index is 0.245. The lowest BCUT2D eigenvalue weighted by atomic mass is 9.92. The number of carbonyl (C=O) groups is 2. The van der Waals surface area contributed by atoms with Gasteiger partial charge < -0.3 is 9.53 Å². The van der Waals surface area contributed by atoms with Crippen molar-refractivity contribution in [2.75, 3.05) is 6.61 Å². The number of aldehydes is 1. The number of rotatable bonds is 5. The van der Waals surface area contributed by atoms with Crippen LogP contribution in [0.25, 0.3) is 10.8 Å². The van der Waals surface area contributed by atoms with Crippen molar-refractivity contribution in [1.29, 1.82) is 0 Å². The van der Waals surface area contributed by atoms with Gasteiger partial charge in [0.1, 0.15) is 6.29 Å². The normalized spacial score (nSPS) is 12.1. The van der Waals surface area contributed by atoms with Crippen LogP contribution >= 0.6 is 0 Å². The van der Waals surface area contributed by atoms with Crippen LogP contribution in [0.4, 0.5) is 0 Å². The molecule has 0 aliphatic carbocycles. The molecule has 0 aromatic heterocycles. The van der Waals surface area contributed by atoms with Crippen LogP contribution in [0.15, 0.2) is 42.5 Å². The van der Waals surface area contributed by atoms with Gasteiger partial charge in [0, 0.05) is 12.8 Å². The van der Waals surface area contributed by atoms with Crippen molar-refractivity contribution >= 4 is 23.0 Å². The number of carbonyl (C=O) groups excluding carboxylic acids is 2. The highest BCUT2D eigenvalue weighted by Gasteiger charge is 2.13. The summed E-state index contributed by atoms with van der Waals surface area (Å²) in [6.07, 6.45) is 1.43. The van der Waals surface area contributed by atoms with E-state index in [1.54, 1.807) is 0 Å². The summed E-state index contributed by atoms with van der Waals surface area (Å²) in [4.78, 5) is 22.0. The van der Waals surface area contributed by atoms with Crippen LogP contribution in [0.2, 0.25) is 0 Å². The van der Waals surface area contributed by atoms with Gasteiger partial charge in [0.25, 0.3) is 0 Å². The number of ether oxygens (including phenoxy) is 1. The fraction of sp³-hybridized carbons (Fsp3) is 0.250. The molecule has 3 heteroatoms. The van der Waals surface area contributed by atoms with Gasteiger partial charge in [-0.15, -0.1) is 0 Å². The fourth-order valence-corrected chi connectivity index (χ4v) is 2.20. The summed E-state index contributed by atoms with van der Waals surface area (Å²) in [6.45, 7) is 1.63. The van der Waals surface area contributed by atoms with E-state index in [0.717, 1.165) is 22.6 Å². The van der Waals surface area contributed by atoms with E-state index in [1.165, 1.54) is 6.92 Å². The molecule has 0 heterocycles. The van der Waals surface area contributed by atoms with Crippen molar-refractivity contribution in [1.82, 2.24) is 0 Å². The number of benzene rings is 2. The van der Waals surface area contributed by atoms with E-state index in [4.69, 9.17) is 4.74 Å². The molecule has 2 rings (SSSR count). The Kier molecular flexibility index (Phi) is 4.29. The van der Waals surface area contributed by atoms with Gasteiger partial charge in [-0.3, -0.25) is 4.79 Å². The Labute approximate surface area is 112 Å². The molecule has 0 aliphatic heterocycles. The molecule has 0 N–H and O–H groups in total. The second-order valence-corrected chi connectivity index (χ2v) is 4.44. The first-order chi connectivity index (χ1) is 9.22. The topological polar surface area (TPSA) is 43.4 Å². The molecule has 1 atom stereocenters. The van der Waals surface area contributed by atoms with Crippen LogP contribution in [0.1, 0.15) is 24.8 Å². The number of esters is 1. The molecule has 0 bridgehead atoms. The Hall–Kier alpha value is -2.16. The molecule has 0 aliphatic rings. The van der Waals surface area contributed by atoms with E-state index < -0.39 is 0 Å². The Bertz CT molecular complexity index is 584. The van der Waals surface area contributed by atoms with E-state index in [1.807, 2.05) is 42.5 Å². The first-order valence-corrected chi connectivity index (χ1v) is 6.28. The molecule has 0 radical (unpaired) electrons. The van der Waals surface area contributed by atoms with Gasteiger partial charge in [0.2, 0.25) is 0 Å². The summed E-state index contributed by atoms with van der Waals surface area (Å²) in [5.74, 6) is -0.562. The zero-order valence-electron chi connectivity index (χ0n) is 10.8. The Balaban J connectivity index is 2.25. The van der Waals surface area contributed by atoms with Crippen molar-refractivity contribution in [3.63, 3.8) is 0 Å². The van der Waals surface area contributed by atoms with Gasteiger partial charge in [0.05, 0.1) is 6.61 Å². The highest BCUT2D eigenvalue weighted by Crippen LogP contribution is 2.26.